The van der Waals surface area contributed by atoms with Crippen LogP contribution in [0.2, 0.25) is 0 Å². The molecule has 0 saturated carbocycles. The molecule has 1 fully saturated rings. The second-order valence-corrected chi connectivity index (χ2v) is 10.3. The van der Waals surface area contributed by atoms with Crippen LogP contribution in [0.1, 0.15) is 55.9 Å². The van der Waals surface area contributed by atoms with Crippen molar-refractivity contribution in [1.82, 2.24) is 15.5 Å². The van der Waals surface area contributed by atoms with Crippen molar-refractivity contribution in [1.29, 1.82) is 0 Å². The van der Waals surface area contributed by atoms with Crippen molar-refractivity contribution in [3.05, 3.63) is 35.4 Å². The predicted octanol–water partition coefficient (Wildman–Crippen LogP) is 1.67. The topological polar surface area (TPSA) is 98.7 Å². The fourth-order valence-corrected chi connectivity index (χ4v) is 5.54. The molecule has 1 aromatic carbocycles. The summed E-state index contributed by atoms with van der Waals surface area (Å²) in [6.07, 6.45) is 0. The van der Waals surface area contributed by atoms with E-state index in [0.29, 0.717) is 5.56 Å². The molecule has 0 aliphatic carbocycles. The van der Waals surface area contributed by atoms with Crippen LogP contribution in [0.3, 0.4) is 0 Å². The molecule has 0 unspecified atom stereocenters. The lowest BCUT2D eigenvalue weighted by Crippen LogP contribution is -2.59. The van der Waals surface area contributed by atoms with Gasteiger partial charge >= 0.3 is 0 Å². The van der Waals surface area contributed by atoms with E-state index in [0.717, 1.165) is 5.56 Å². The van der Waals surface area contributed by atoms with E-state index in [1.807, 2.05) is 45.9 Å². The number of nitrogens with zero attached hydrogens (tertiary/aromatic N) is 1. The molecule has 0 spiro atoms. The predicted molar refractivity (Wildman–Crippen MR) is 112 cm³/mol. The van der Waals surface area contributed by atoms with Crippen molar-refractivity contribution < 1.29 is 19.5 Å². The molecule has 4 atom stereocenters. The number of fused-ring (bicyclic) bond motifs is 3. The Morgan fingerprint density at radius 3 is 2.48 bits per heavy atom. The Labute approximate surface area is 175 Å². The monoisotopic (exact) mass is 419 g/mol. The molecule has 0 radical (unpaired) electrons. The molecule has 7 nitrogen and oxygen atoms in total. The highest BCUT2D eigenvalue weighted by atomic mass is 32.2. The first kappa shape index (κ1) is 21.6. The van der Waals surface area contributed by atoms with Crippen LogP contribution in [0.25, 0.3) is 0 Å². The number of carbonyl (C=O) groups is 3. The maximum absolute atomic E-state index is 13.3. The summed E-state index contributed by atoms with van der Waals surface area (Å²) in [5.41, 5.74) is 1.56. The minimum Gasteiger partial charge on any atom is -0.394 e. The smallest absolute Gasteiger partial charge is 0.256 e. The number of hydrogen-bond acceptors (Lipinski definition) is 5. The first-order valence-electron chi connectivity index (χ1n) is 9.89. The SMILES string of the molecule is CC(C)[C@H](NC(=O)[C@H]1N2C(=O)c3ccccc3[C@@H]2SC1(C)C)C(=O)N[C@@H](C)CO. The van der Waals surface area contributed by atoms with Crippen molar-refractivity contribution >= 4 is 29.5 Å². The van der Waals surface area contributed by atoms with Gasteiger partial charge in [-0.25, -0.2) is 0 Å². The zero-order valence-corrected chi connectivity index (χ0v) is 18.2. The van der Waals surface area contributed by atoms with Gasteiger partial charge in [-0.15, -0.1) is 11.8 Å². The number of thioether (sulfide) groups is 1. The Morgan fingerprint density at radius 2 is 1.86 bits per heavy atom. The van der Waals surface area contributed by atoms with E-state index in [2.05, 4.69) is 10.6 Å². The Morgan fingerprint density at radius 1 is 1.21 bits per heavy atom. The van der Waals surface area contributed by atoms with Crippen LogP contribution in [0, 0.1) is 5.92 Å². The molecule has 158 valence electrons. The van der Waals surface area contributed by atoms with Crippen LogP contribution in [0.5, 0.6) is 0 Å². The maximum atomic E-state index is 13.3. The molecule has 3 amide bonds. The van der Waals surface area contributed by atoms with Crippen LogP contribution in [-0.2, 0) is 9.59 Å². The van der Waals surface area contributed by atoms with Gasteiger partial charge in [0.25, 0.3) is 5.91 Å². The number of amides is 3. The summed E-state index contributed by atoms with van der Waals surface area (Å²) in [5, 5.41) is 14.6. The van der Waals surface area contributed by atoms with E-state index in [1.54, 1.807) is 29.7 Å². The molecule has 0 bridgehead atoms. The quantitative estimate of drug-likeness (QED) is 0.652. The van der Waals surface area contributed by atoms with Gasteiger partial charge in [0.05, 0.1) is 6.61 Å². The van der Waals surface area contributed by atoms with E-state index in [1.165, 1.54) is 0 Å². The van der Waals surface area contributed by atoms with Gasteiger partial charge in [0, 0.05) is 16.4 Å². The third-order valence-corrected chi connectivity index (χ3v) is 6.99. The minimum absolute atomic E-state index is 0.149. The standard InChI is InChI=1S/C21H29N3O4S/c1-11(2)15(17(26)22-12(3)10-25)23-18(27)16-21(4,5)29-20-14-9-7-6-8-13(14)19(28)24(16)20/h6-9,11-12,15-16,20,25H,10H2,1-5H3,(H,22,26)(H,23,27)/t12-,15-,16+,20-/m0/s1. The van der Waals surface area contributed by atoms with Gasteiger partial charge in [0.2, 0.25) is 11.8 Å². The lowest BCUT2D eigenvalue weighted by atomic mass is 9.98. The third-order valence-electron chi connectivity index (χ3n) is 5.45. The first-order valence-corrected chi connectivity index (χ1v) is 10.8. The van der Waals surface area contributed by atoms with E-state index < -0.39 is 22.9 Å². The number of nitrogens with one attached hydrogen (secondary N) is 2. The zero-order valence-electron chi connectivity index (χ0n) is 17.4. The molecular formula is C21H29N3O4S. The summed E-state index contributed by atoms with van der Waals surface area (Å²) >= 11 is 1.59. The lowest BCUT2D eigenvalue weighted by molar-refractivity contribution is -0.133. The summed E-state index contributed by atoms with van der Waals surface area (Å²) < 4.78 is -0.506. The molecular weight excluding hydrogens is 390 g/mol. The van der Waals surface area contributed by atoms with Crippen molar-refractivity contribution in [3.63, 3.8) is 0 Å². The molecule has 2 aliphatic heterocycles. The van der Waals surface area contributed by atoms with Crippen LogP contribution in [0.15, 0.2) is 24.3 Å². The van der Waals surface area contributed by atoms with Gasteiger partial charge in [0.15, 0.2) is 0 Å². The zero-order chi connectivity index (χ0) is 21.5. The van der Waals surface area contributed by atoms with Gasteiger partial charge in [-0.3, -0.25) is 14.4 Å². The van der Waals surface area contributed by atoms with Gasteiger partial charge in [-0.2, -0.15) is 0 Å². The van der Waals surface area contributed by atoms with E-state index >= 15 is 0 Å². The molecule has 1 saturated heterocycles. The summed E-state index contributed by atoms with van der Waals surface area (Å²) in [7, 11) is 0. The molecule has 3 N–H and O–H groups in total. The van der Waals surface area contributed by atoms with Crippen molar-refractivity contribution in [2.24, 2.45) is 5.92 Å². The molecule has 2 aliphatic rings. The van der Waals surface area contributed by atoms with Crippen molar-refractivity contribution in [3.8, 4) is 0 Å². The number of aliphatic hydroxyl groups excluding tert-OH is 1. The highest BCUT2D eigenvalue weighted by Gasteiger charge is 2.57. The largest absolute Gasteiger partial charge is 0.394 e. The van der Waals surface area contributed by atoms with Crippen molar-refractivity contribution in [2.45, 2.75) is 62.9 Å². The van der Waals surface area contributed by atoms with Crippen LogP contribution >= 0.6 is 11.8 Å². The molecule has 8 heteroatoms. The van der Waals surface area contributed by atoms with Gasteiger partial charge in [-0.1, -0.05) is 32.0 Å². The van der Waals surface area contributed by atoms with Gasteiger partial charge in [-0.05, 0) is 38.3 Å². The number of rotatable bonds is 6. The molecule has 3 rings (SSSR count). The molecule has 29 heavy (non-hydrogen) atoms. The Balaban J connectivity index is 1.84. The lowest BCUT2D eigenvalue weighted by Gasteiger charge is -2.32. The second kappa shape index (κ2) is 7.99. The average Bonchev–Trinajstić information content (AvgIpc) is 3.09. The molecule has 0 aromatic heterocycles. The van der Waals surface area contributed by atoms with Gasteiger partial charge < -0.3 is 20.6 Å². The molecule has 1 aromatic rings. The molecule has 2 heterocycles. The van der Waals surface area contributed by atoms with Crippen LogP contribution in [-0.4, -0.2) is 57.2 Å². The Kier molecular flexibility index (Phi) is 5.96. The fraction of sp³-hybridized carbons (Fsp3) is 0.571. The average molecular weight is 420 g/mol. The summed E-state index contributed by atoms with van der Waals surface area (Å²) in [6, 6.07) is 5.60. The fourth-order valence-electron chi connectivity index (χ4n) is 3.95. The first-order chi connectivity index (χ1) is 13.6. The normalized spacial score (nSPS) is 24.1. The van der Waals surface area contributed by atoms with Crippen LogP contribution < -0.4 is 10.6 Å². The number of aliphatic hydroxyl groups is 1. The minimum atomic E-state index is -0.753. The summed E-state index contributed by atoms with van der Waals surface area (Å²) in [6.45, 7) is 9.12. The summed E-state index contributed by atoms with van der Waals surface area (Å²) in [5.74, 6) is -0.977. The number of hydrogen-bond donors (Lipinski definition) is 3. The van der Waals surface area contributed by atoms with Crippen molar-refractivity contribution in [2.75, 3.05) is 6.61 Å². The van der Waals surface area contributed by atoms with E-state index in [-0.39, 0.29) is 35.6 Å². The van der Waals surface area contributed by atoms with E-state index in [9.17, 15) is 19.5 Å². The second-order valence-electron chi connectivity index (χ2n) is 8.60. The Hall–Kier alpha value is -2.06. The highest BCUT2D eigenvalue weighted by Crippen LogP contribution is 2.56. The third kappa shape index (κ3) is 3.88. The maximum Gasteiger partial charge on any atom is 0.256 e. The Bertz CT molecular complexity index is 826. The van der Waals surface area contributed by atoms with Crippen LogP contribution in [0.4, 0.5) is 0 Å². The highest BCUT2D eigenvalue weighted by molar-refractivity contribution is 8.01. The van der Waals surface area contributed by atoms with Gasteiger partial charge in [0.1, 0.15) is 17.5 Å². The summed E-state index contributed by atoms with van der Waals surface area (Å²) in [4.78, 5) is 40.6. The van der Waals surface area contributed by atoms with E-state index in [4.69, 9.17) is 0 Å². The number of benzene rings is 1. The number of carbonyl (C=O) groups excluding carboxylic acids is 3.